The van der Waals surface area contributed by atoms with Gasteiger partial charge in [-0.3, -0.25) is 4.57 Å². The summed E-state index contributed by atoms with van der Waals surface area (Å²) in [6, 6.07) is 5.69. The molecule has 0 aliphatic carbocycles. The lowest BCUT2D eigenvalue weighted by molar-refractivity contribution is 0.565. The van der Waals surface area contributed by atoms with Crippen molar-refractivity contribution >= 4 is 11.8 Å². The summed E-state index contributed by atoms with van der Waals surface area (Å²) in [6.45, 7) is 2.01. The molecule has 0 saturated heterocycles. The highest BCUT2D eigenvalue weighted by Gasteiger charge is 2.03. The number of aliphatic imine (C=N–C) groups is 1. The van der Waals surface area contributed by atoms with E-state index in [1.54, 1.807) is 23.3 Å². The molecule has 1 aromatic carbocycles. The summed E-state index contributed by atoms with van der Waals surface area (Å²) in [7, 11) is 0. The quantitative estimate of drug-likeness (QED) is 0.578. The minimum atomic E-state index is 0.642. The highest BCUT2D eigenvalue weighted by Crippen LogP contribution is 2.22. The first-order valence-electron chi connectivity index (χ1n) is 4.91. The maximum atomic E-state index is 10.3. The average Bonchev–Trinajstić information content (AvgIpc) is 2.83. The van der Waals surface area contributed by atoms with Crippen LogP contribution in [0, 0.1) is 0 Å². The molecule has 80 valence electrons. The van der Waals surface area contributed by atoms with Gasteiger partial charge in [0.15, 0.2) is 0 Å². The van der Waals surface area contributed by atoms with Crippen LogP contribution >= 0.6 is 0 Å². The molecule has 2 aromatic rings. The molecule has 0 radical (unpaired) electrons. The fourth-order valence-corrected chi connectivity index (χ4v) is 1.50. The Kier molecular flexibility index (Phi) is 2.89. The molecule has 0 aliphatic rings. The number of aromatic nitrogens is 3. The highest BCUT2D eigenvalue weighted by molar-refractivity contribution is 5.58. The van der Waals surface area contributed by atoms with Gasteiger partial charge in [-0.2, -0.15) is 4.99 Å². The van der Waals surface area contributed by atoms with Crippen molar-refractivity contribution in [2.45, 2.75) is 13.3 Å². The molecule has 0 spiro atoms. The van der Waals surface area contributed by atoms with Crippen molar-refractivity contribution in [2.75, 3.05) is 0 Å². The summed E-state index contributed by atoms with van der Waals surface area (Å²) in [5, 5.41) is 7.44. The van der Waals surface area contributed by atoms with Crippen molar-refractivity contribution in [3.63, 3.8) is 0 Å². The Hall–Kier alpha value is -2.26. The van der Waals surface area contributed by atoms with Crippen LogP contribution in [0.3, 0.4) is 0 Å². The zero-order valence-corrected chi connectivity index (χ0v) is 8.79. The van der Waals surface area contributed by atoms with Crippen molar-refractivity contribution in [3.8, 4) is 5.69 Å². The summed E-state index contributed by atoms with van der Waals surface area (Å²) < 4.78 is 1.75. The number of hydrogen-bond donors (Lipinski definition) is 0. The van der Waals surface area contributed by atoms with E-state index in [0.717, 1.165) is 17.7 Å². The van der Waals surface area contributed by atoms with Crippen molar-refractivity contribution < 1.29 is 4.79 Å². The first kappa shape index (κ1) is 10.3. The third-order valence-electron chi connectivity index (χ3n) is 2.33. The summed E-state index contributed by atoms with van der Waals surface area (Å²) >= 11 is 0. The number of rotatable bonds is 3. The van der Waals surface area contributed by atoms with Crippen molar-refractivity contribution in [2.24, 2.45) is 4.99 Å². The summed E-state index contributed by atoms with van der Waals surface area (Å²) in [5.41, 5.74) is 2.53. The molecule has 0 amide bonds. The van der Waals surface area contributed by atoms with E-state index >= 15 is 0 Å². The van der Waals surface area contributed by atoms with Crippen LogP contribution < -0.4 is 0 Å². The topological polar surface area (TPSA) is 60.1 Å². The number of carbonyl (C=O) groups excluding carboxylic acids is 1. The minimum Gasteiger partial charge on any atom is -0.288 e. The zero-order valence-electron chi connectivity index (χ0n) is 8.79. The van der Waals surface area contributed by atoms with Gasteiger partial charge < -0.3 is 0 Å². The third-order valence-corrected chi connectivity index (χ3v) is 2.33. The monoisotopic (exact) mass is 214 g/mol. The third kappa shape index (κ3) is 1.89. The van der Waals surface area contributed by atoms with Gasteiger partial charge in [-0.15, -0.1) is 10.2 Å². The normalized spacial score (nSPS) is 9.81. The van der Waals surface area contributed by atoms with Crippen molar-refractivity contribution in [1.82, 2.24) is 14.8 Å². The summed E-state index contributed by atoms with van der Waals surface area (Å²) in [5.74, 6) is 0. The first-order chi connectivity index (χ1) is 7.85. The lowest BCUT2D eigenvalue weighted by Crippen LogP contribution is -1.91. The maximum absolute atomic E-state index is 10.3. The van der Waals surface area contributed by atoms with Crippen LogP contribution in [0.5, 0.6) is 0 Å². The van der Waals surface area contributed by atoms with Crippen LogP contribution in [0.4, 0.5) is 5.69 Å². The predicted octanol–water partition coefficient (Wildman–Crippen LogP) is 1.80. The lowest BCUT2D eigenvalue weighted by Gasteiger charge is -2.05. The molecule has 5 heteroatoms. The van der Waals surface area contributed by atoms with Gasteiger partial charge in [0, 0.05) is 0 Å². The van der Waals surface area contributed by atoms with Crippen LogP contribution in [0.15, 0.2) is 35.8 Å². The molecule has 0 aliphatic heterocycles. The Balaban J connectivity index is 2.51. The number of hydrogen-bond acceptors (Lipinski definition) is 4. The van der Waals surface area contributed by atoms with Gasteiger partial charge in [0.05, 0.1) is 11.4 Å². The Morgan fingerprint density at radius 3 is 2.75 bits per heavy atom. The van der Waals surface area contributed by atoms with E-state index in [4.69, 9.17) is 0 Å². The smallest absolute Gasteiger partial charge is 0.240 e. The van der Waals surface area contributed by atoms with Crippen LogP contribution in [-0.4, -0.2) is 20.8 Å². The molecule has 5 nitrogen and oxygen atoms in total. The molecule has 0 N–H and O–H groups in total. The van der Waals surface area contributed by atoms with Gasteiger partial charge in [-0.1, -0.05) is 13.0 Å². The van der Waals surface area contributed by atoms with Crippen LogP contribution in [0.25, 0.3) is 5.69 Å². The van der Waals surface area contributed by atoms with Gasteiger partial charge in [0.25, 0.3) is 0 Å². The maximum Gasteiger partial charge on any atom is 0.240 e. The van der Waals surface area contributed by atoms with Crippen LogP contribution in [0.2, 0.25) is 0 Å². The standard InChI is InChI=1S/C11H10N4O/c1-2-9-3-4-10(5-11(9)12-8-16)15-6-13-14-7-15/h3-7H,2H2,1H3. The lowest BCUT2D eigenvalue weighted by atomic mass is 10.1. The van der Waals surface area contributed by atoms with Gasteiger partial charge in [-0.25, -0.2) is 4.79 Å². The number of aryl methyl sites for hydroxylation is 1. The second-order valence-electron chi connectivity index (χ2n) is 3.24. The van der Waals surface area contributed by atoms with E-state index in [0.29, 0.717) is 5.69 Å². The zero-order chi connectivity index (χ0) is 11.4. The first-order valence-corrected chi connectivity index (χ1v) is 4.91. The van der Waals surface area contributed by atoms with Crippen LogP contribution in [0.1, 0.15) is 12.5 Å². The van der Waals surface area contributed by atoms with Crippen molar-refractivity contribution in [1.29, 1.82) is 0 Å². The predicted molar refractivity (Wildman–Crippen MR) is 58.5 cm³/mol. The van der Waals surface area contributed by atoms with Gasteiger partial charge in [0.1, 0.15) is 12.7 Å². The summed E-state index contributed by atoms with van der Waals surface area (Å²) in [6.07, 6.45) is 5.57. The Bertz CT molecular complexity index is 527. The number of isocyanates is 1. The van der Waals surface area contributed by atoms with E-state index in [9.17, 15) is 4.79 Å². The van der Waals surface area contributed by atoms with Crippen molar-refractivity contribution in [3.05, 3.63) is 36.4 Å². The van der Waals surface area contributed by atoms with E-state index in [2.05, 4.69) is 15.2 Å². The second-order valence-corrected chi connectivity index (χ2v) is 3.24. The van der Waals surface area contributed by atoms with E-state index in [1.807, 2.05) is 25.1 Å². The largest absolute Gasteiger partial charge is 0.288 e. The molecule has 0 fully saturated rings. The molecule has 0 unspecified atom stereocenters. The second kappa shape index (κ2) is 4.51. The van der Waals surface area contributed by atoms with Gasteiger partial charge in [0.2, 0.25) is 6.08 Å². The summed E-state index contributed by atoms with van der Waals surface area (Å²) in [4.78, 5) is 14.0. The molecule has 2 rings (SSSR count). The molecule has 0 bridgehead atoms. The molecule has 16 heavy (non-hydrogen) atoms. The molecule has 0 atom stereocenters. The molecule has 1 aromatic heterocycles. The fraction of sp³-hybridized carbons (Fsp3) is 0.182. The average molecular weight is 214 g/mol. The molecular weight excluding hydrogens is 204 g/mol. The van der Waals surface area contributed by atoms with Gasteiger partial charge in [-0.05, 0) is 24.1 Å². The van der Waals surface area contributed by atoms with Gasteiger partial charge >= 0.3 is 0 Å². The Morgan fingerprint density at radius 1 is 1.38 bits per heavy atom. The van der Waals surface area contributed by atoms with Crippen LogP contribution in [-0.2, 0) is 11.2 Å². The number of nitrogens with zero attached hydrogens (tertiary/aromatic N) is 4. The van der Waals surface area contributed by atoms with E-state index < -0.39 is 0 Å². The van der Waals surface area contributed by atoms with E-state index in [1.165, 1.54) is 0 Å². The highest BCUT2D eigenvalue weighted by atomic mass is 16.1. The minimum absolute atomic E-state index is 0.642. The molecule has 1 heterocycles. The SMILES string of the molecule is CCc1ccc(-n2cnnc2)cc1N=C=O. The number of benzene rings is 1. The molecular formula is C11H10N4O. The fourth-order valence-electron chi connectivity index (χ4n) is 1.50. The Morgan fingerprint density at radius 2 is 2.12 bits per heavy atom. The Labute approximate surface area is 92.5 Å². The van der Waals surface area contributed by atoms with E-state index in [-0.39, 0.29) is 0 Å². The molecule has 0 saturated carbocycles.